The van der Waals surface area contributed by atoms with Crippen LogP contribution in [-0.4, -0.2) is 23.1 Å². The summed E-state index contributed by atoms with van der Waals surface area (Å²) in [4.78, 5) is 8.44. The lowest BCUT2D eigenvalue weighted by molar-refractivity contribution is 0.241. The van der Waals surface area contributed by atoms with Gasteiger partial charge in [0.15, 0.2) is 0 Å². The summed E-state index contributed by atoms with van der Waals surface area (Å²) in [6, 6.07) is 6.41. The van der Waals surface area contributed by atoms with Gasteiger partial charge in [-0.2, -0.15) is 0 Å². The topological polar surface area (TPSA) is 47.0 Å². The van der Waals surface area contributed by atoms with E-state index < -0.39 is 0 Å². The fourth-order valence-electron chi connectivity index (χ4n) is 2.30. The molecule has 0 aliphatic rings. The van der Waals surface area contributed by atoms with Crippen molar-refractivity contribution in [1.29, 1.82) is 0 Å². The van der Waals surface area contributed by atoms with Crippen LogP contribution in [0.2, 0.25) is 0 Å². The molecule has 0 bridgehead atoms. The van der Waals surface area contributed by atoms with Crippen molar-refractivity contribution in [2.75, 3.05) is 7.05 Å². The number of nitrogens with zero attached hydrogens (tertiary/aromatic N) is 2. The normalized spacial score (nSPS) is 12.4. The second-order valence-corrected chi connectivity index (χ2v) is 5.36. The van der Waals surface area contributed by atoms with Crippen LogP contribution >= 0.6 is 0 Å². The molecule has 1 atom stereocenters. The third kappa shape index (κ3) is 4.83. The van der Waals surface area contributed by atoms with E-state index in [0.717, 1.165) is 24.2 Å². The van der Waals surface area contributed by atoms with Crippen LogP contribution in [0.1, 0.15) is 37.4 Å². The number of hydrogen-bond donors (Lipinski definition) is 1. The van der Waals surface area contributed by atoms with E-state index in [1.54, 1.807) is 12.4 Å². The van der Waals surface area contributed by atoms with E-state index in [1.807, 2.05) is 39.4 Å². The second-order valence-electron chi connectivity index (χ2n) is 5.36. The highest BCUT2D eigenvalue weighted by atomic mass is 16.5. The average molecular weight is 285 g/mol. The van der Waals surface area contributed by atoms with Crippen molar-refractivity contribution in [1.82, 2.24) is 15.3 Å². The van der Waals surface area contributed by atoms with Crippen LogP contribution in [-0.2, 0) is 6.42 Å². The molecular formula is C17H23N3O. The summed E-state index contributed by atoms with van der Waals surface area (Å²) >= 11 is 0. The maximum absolute atomic E-state index is 5.71. The van der Waals surface area contributed by atoms with Crippen LogP contribution in [0.15, 0.2) is 43.0 Å². The van der Waals surface area contributed by atoms with Crippen molar-refractivity contribution in [2.45, 2.75) is 38.8 Å². The van der Waals surface area contributed by atoms with Gasteiger partial charge in [-0.05, 0) is 57.0 Å². The number of aryl methyl sites for hydroxylation is 1. The molecule has 4 nitrogen and oxygen atoms in total. The average Bonchev–Trinajstić information content (AvgIpc) is 2.49. The first-order valence-electron chi connectivity index (χ1n) is 7.37. The molecule has 4 heteroatoms. The first kappa shape index (κ1) is 15.4. The van der Waals surface area contributed by atoms with Gasteiger partial charge in [-0.3, -0.25) is 9.97 Å². The molecule has 0 radical (unpaired) electrons. The molecule has 2 heterocycles. The van der Waals surface area contributed by atoms with E-state index in [1.165, 1.54) is 5.56 Å². The van der Waals surface area contributed by atoms with Crippen molar-refractivity contribution < 1.29 is 4.74 Å². The zero-order valence-electron chi connectivity index (χ0n) is 12.9. The Morgan fingerprint density at radius 3 is 2.71 bits per heavy atom. The smallest absolute Gasteiger partial charge is 0.138 e. The van der Waals surface area contributed by atoms with Gasteiger partial charge in [-0.1, -0.05) is 6.07 Å². The third-order valence-corrected chi connectivity index (χ3v) is 3.30. The summed E-state index contributed by atoms with van der Waals surface area (Å²) in [5.41, 5.74) is 2.40. The van der Waals surface area contributed by atoms with Gasteiger partial charge in [0.25, 0.3) is 0 Å². The summed E-state index contributed by atoms with van der Waals surface area (Å²) in [7, 11) is 1.98. The fraction of sp³-hybridized carbons (Fsp3) is 0.412. The van der Waals surface area contributed by atoms with E-state index >= 15 is 0 Å². The molecule has 2 rings (SSSR count). The Labute approximate surface area is 126 Å². The Morgan fingerprint density at radius 1 is 1.19 bits per heavy atom. The number of hydrogen-bond acceptors (Lipinski definition) is 4. The summed E-state index contributed by atoms with van der Waals surface area (Å²) in [5, 5.41) is 3.35. The Bertz CT molecular complexity index is 543. The highest BCUT2D eigenvalue weighted by Gasteiger charge is 2.11. The lowest BCUT2D eigenvalue weighted by atomic mass is 10.0. The first-order valence-corrected chi connectivity index (χ1v) is 7.37. The second kappa shape index (κ2) is 7.74. The molecule has 0 amide bonds. The minimum Gasteiger partial charge on any atom is -0.489 e. The highest BCUT2D eigenvalue weighted by Crippen LogP contribution is 2.22. The fourth-order valence-corrected chi connectivity index (χ4v) is 2.30. The molecule has 2 aromatic heterocycles. The standard InChI is InChI=1S/C17H23N3O/c1-13(2)21-16-9-15(11-20-12-16)17(18-3)7-6-14-5-4-8-19-10-14/h4-5,8-13,17-18H,6-7H2,1-3H3. The predicted octanol–water partition coefficient (Wildman–Crippen LogP) is 3.16. The molecule has 0 fully saturated rings. The molecule has 2 aromatic rings. The Kier molecular flexibility index (Phi) is 5.69. The molecule has 1 N–H and O–H groups in total. The van der Waals surface area contributed by atoms with Crippen molar-refractivity contribution in [3.8, 4) is 5.75 Å². The molecule has 21 heavy (non-hydrogen) atoms. The summed E-state index contributed by atoms with van der Waals surface area (Å²) < 4.78 is 5.71. The maximum atomic E-state index is 5.71. The molecule has 0 saturated heterocycles. The van der Waals surface area contributed by atoms with Gasteiger partial charge in [-0.15, -0.1) is 0 Å². The van der Waals surface area contributed by atoms with Gasteiger partial charge in [-0.25, -0.2) is 0 Å². The van der Waals surface area contributed by atoms with Crippen molar-refractivity contribution in [2.24, 2.45) is 0 Å². The summed E-state index contributed by atoms with van der Waals surface area (Å²) in [6.45, 7) is 4.04. The highest BCUT2D eigenvalue weighted by molar-refractivity contribution is 5.26. The minimum absolute atomic E-state index is 0.158. The van der Waals surface area contributed by atoms with E-state index in [-0.39, 0.29) is 12.1 Å². The number of aromatic nitrogens is 2. The third-order valence-electron chi connectivity index (χ3n) is 3.30. The van der Waals surface area contributed by atoms with E-state index in [9.17, 15) is 0 Å². The molecule has 0 aromatic carbocycles. The van der Waals surface area contributed by atoms with Crippen LogP contribution < -0.4 is 10.1 Å². The van der Waals surface area contributed by atoms with Crippen LogP contribution in [0.5, 0.6) is 5.75 Å². The van der Waals surface area contributed by atoms with Gasteiger partial charge < -0.3 is 10.1 Å². The number of nitrogens with one attached hydrogen (secondary N) is 1. The van der Waals surface area contributed by atoms with Crippen LogP contribution in [0.25, 0.3) is 0 Å². The van der Waals surface area contributed by atoms with E-state index in [0.29, 0.717) is 0 Å². The largest absolute Gasteiger partial charge is 0.489 e. The summed E-state index contributed by atoms with van der Waals surface area (Å²) in [6.07, 6.45) is 9.52. The Balaban J connectivity index is 2.03. The maximum Gasteiger partial charge on any atom is 0.138 e. The molecular weight excluding hydrogens is 262 g/mol. The Hall–Kier alpha value is -1.94. The van der Waals surface area contributed by atoms with Crippen LogP contribution in [0.4, 0.5) is 0 Å². The molecule has 0 aliphatic carbocycles. The number of pyridine rings is 2. The van der Waals surface area contributed by atoms with E-state index in [4.69, 9.17) is 4.74 Å². The minimum atomic E-state index is 0.158. The molecule has 0 saturated carbocycles. The summed E-state index contributed by atoms with van der Waals surface area (Å²) in [5.74, 6) is 0.823. The zero-order valence-corrected chi connectivity index (χ0v) is 12.9. The van der Waals surface area contributed by atoms with Gasteiger partial charge in [0.05, 0.1) is 12.3 Å². The molecule has 0 spiro atoms. The van der Waals surface area contributed by atoms with Crippen LogP contribution in [0, 0.1) is 0 Å². The van der Waals surface area contributed by atoms with Gasteiger partial charge in [0.1, 0.15) is 5.75 Å². The van der Waals surface area contributed by atoms with Gasteiger partial charge >= 0.3 is 0 Å². The van der Waals surface area contributed by atoms with Crippen LogP contribution in [0.3, 0.4) is 0 Å². The lowest BCUT2D eigenvalue weighted by Crippen LogP contribution is -2.17. The van der Waals surface area contributed by atoms with E-state index in [2.05, 4.69) is 27.4 Å². The first-order chi connectivity index (χ1) is 10.2. The number of ether oxygens (including phenoxy) is 1. The van der Waals surface area contributed by atoms with Gasteiger partial charge in [0, 0.05) is 24.6 Å². The van der Waals surface area contributed by atoms with Crippen molar-refractivity contribution >= 4 is 0 Å². The molecule has 1 unspecified atom stereocenters. The van der Waals surface area contributed by atoms with Crippen molar-refractivity contribution in [3.05, 3.63) is 54.1 Å². The number of rotatable bonds is 7. The Morgan fingerprint density at radius 2 is 2.05 bits per heavy atom. The SMILES string of the molecule is CNC(CCc1cccnc1)c1cncc(OC(C)C)c1. The van der Waals surface area contributed by atoms with Crippen molar-refractivity contribution in [3.63, 3.8) is 0 Å². The molecule has 0 aliphatic heterocycles. The quantitative estimate of drug-likeness (QED) is 0.849. The molecule has 112 valence electrons. The predicted molar refractivity (Wildman–Crippen MR) is 84.4 cm³/mol. The monoisotopic (exact) mass is 285 g/mol. The zero-order chi connectivity index (χ0) is 15.1. The van der Waals surface area contributed by atoms with Gasteiger partial charge in [0.2, 0.25) is 0 Å². The lowest BCUT2D eigenvalue weighted by Gasteiger charge is -2.18.